The zero-order valence-corrected chi connectivity index (χ0v) is 12.1. The van der Waals surface area contributed by atoms with E-state index in [1.807, 2.05) is 0 Å². The van der Waals surface area contributed by atoms with Crippen molar-refractivity contribution in [1.29, 1.82) is 0 Å². The fourth-order valence-electron chi connectivity index (χ4n) is 3.37. The van der Waals surface area contributed by atoms with Gasteiger partial charge in [0.1, 0.15) is 0 Å². The van der Waals surface area contributed by atoms with Crippen LogP contribution in [0.2, 0.25) is 0 Å². The average Bonchev–Trinajstić information content (AvgIpc) is 2.56. The highest BCUT2D eigenvalue weighted by molar-refractivity contribution is 5.82. The summed E-state index contributed by atoms with van der Waals surface area (Å²) in [4.78, 5) is 4.82. The maximum absolute atomic E-state index is 2.44. The summed E-state index contributed by atoms with van der Waals surface area (Å²) in [5.41, 5.74) is 3.79. The Morgan fingerprint density at radius 1 is 0.714 bits per heavy atom. The molecule has 0 N–H and O–H groups in total. The lowest BCUT2D eigenvalue weighted by molar-refractivity contribution is 0.620. The normalized spacial score (nSPS) is 22.9. The molecule has 0 radical (unpaired) electrons. The van der Waals surface area contributed by atoms with Gasteiger partial charge < -0.3 is 9.80 Å². The Bertz CT molecular complexity index is 703. The minimum absolute atomic E-state index is 0.331. The Morgan fingerprint density at radius 2 is 1.33 bits per heavy atom. The number of para-hydroxylation sites is 3. The maximum atomic E-state index is 2.44. The van der Waals surface area contributed by atoms with Crippen LogP contribution >= 0.6 is 0 Å². The number of likely N-dealkylation sites (N-methyl/N-ethyl adjacent to an activating group) is 1. The Balaban J connectivity index is 1.92. The van der Waals surface area contributed by atoms with Gasteiger partial charge in [0.15, 0.2) is 0 Å². The Kier molecular flexibility index (Phi) is 2.81. The van der Waals surface area contributed by atoms with Gasteiger partial charge in [0, 0.05) is 12.7 Å². The highest BCUT2D eigenvalue weighted by atomic mass is 15.3. The Morgan fingerprint density at radius 3 is 2.10 bits per heavy atom. The van der Waals surface area contributed by atoms with Gasteiger partial charge in [-0.2, -0.15) is 0 Å². The third-order valence-corrected chi connectivity index (χ3v) is 4.38. The molecule has 0 saturated carbocycles. The molecule has 2 aromatic rings. The van der Waals surface area contributed by atoms with Crippen LogP contribution in [0.3, 0.4) is 0 Å². The first-order chi connectivity index (χ1) is 10.4. The van der Waals surface area contributed by atoms with Crippen molar-refractivity contribution in [2.24, 2.45) is 0 Å². The molecule has 1 aliphatic carbocycles. The van der Waals surface area contributed by atoms with Crippen molar-refractivity contribution in [2.75, 3.05) is 16.8 Å². The first kappa shape index (κ1) is 12.3. The first-order valence-electron chi connectivity index (χ1n) is 7.37. The van der Waals surface area contributed by atoms with Crippen molar-refractivity contribution in [1.82, 2.24) is 0 Å². The highest BCUT2D eigenvalue weighted by Crippen LogP contribution is 2.43. The van der Waals surface area contributed by atoms with Crippen molar-refractivity contribution in [3.8, 4) is 0 Å². The molecule has 1 heterocycles. The summed E-state index contributed by atoms with van der Waals surface area (Å²) in [5, 5.41) is 0. The molecule has 2 aromatic carbocycles. The SMILES string of the molecule is CN1c2ccccc2N(c2ccccc2)C2C=CC=CC21. The third kappa shape index (κ3) is 1.87. The Labute approximate surface area is 125 Å². The first-order valence-corrected chi connectivity index (χ1v) is 7.37. The number of fused-ring (bicyclic) bond motifs is 2. The molecule has 0 aromatic heterocycles. The molecule has 0 spiro atoms. The zero-order valence-electron chi connectivity index (χ0n) is 12.1. The topological polar surface area (TPSA) is 6.48 Å². The average molecular weight is 274 g/mol. The smallest absolute Gasteiger partial charge is 0.0765 e. The van der Waals surface area contributed by atoms with Crippen molar-refractivity contribution in [2.45, 2.75) is 12.1 Å². The molecular weight excluding hydrogens is 256 g/mol. The van der Waals surface area contributed by atoms with E-state index in [9.17, 15) is 0 Å². The second kappa shape index (κ2) is 4.81. The molecular formula is C19H18N2. The summed E-state index contributed by atoms with van der Waals surface area (Å²) < 4.78 is 0. The number of nitrogens with zero attached hydrogens (tertiary/aromatic N) is 2. The van der Waals surface area contributed by atoms with Gasteiger partial charge in [-0.25, -0.2) is 0 Å². The lowest BCUT2D eigenvalue weighted by Crippen LogP contribution is -2.52. The predicted molar refractivity (Wildman–Crippen MR) is 89.3 cm³/mol. The minimum Gasteiger partial charge on any atom is -0.364 e. The maximum Gasteiger partial charge on any atom is 0.0765 e. The summed E-state index contributed by atoms with van der Waals surface area (Å²) in [6.45, 7) is 0. The summed E-state index contributed by atoms with van der Waals surface area (Å²) in [6, 6.07) is 20.0. The van der Waals surface area contributed by atoms with Crippen LogP contribution < -0.4 is 9.80 Å². The van der Waals surface area contributed by atoms with E-state index < -0.39 is 0 Å². The standard InChI is InChI=1S/C19H18N2/c1-20-16-11-5-7-13-18(16)21(15-9-3-2-4-10-15)19-14-8-6-12-17(19)20/h2-14,16,18H,1H3. The molecule has 2 nitrogen and oxygen atoms in total. The highest BCUT2D eigenvalue weighted by Gasteiger charge is 2.36. The molecule has 0 bridgehead atoms. The van der Waals surface area contributed by atoms with Crippen molar-refractivity contribution in [3.05, 3.63) is 78.9 Å². The van der Waals surface area contributed by atoms with Gasteiger partial charge in [-0.05, 0) is 24.3 Å². The van der Waals surface area contributed by atoms with Crippen LogP contribution in [0.15, 0.2) is 78.9 Å². The fourth-order valence-corrected chi connectivity index (χ4v) is 3.37. The summed E-state index contributed by atoms with van der Waals surface area (Å²) in [5.74, 6) is 0. The van der Waals surface area contributed by atoms with E-state index in [1.54, 1.807) is 0 Å². The van der Waals surface area contributed by atoms with Crippen molar-refractivity contribution < 1.29 is 0 Å². The predicted octanol–water partition coefficient (Wildman–Crippen LogP) is 4.14. The molecule has 4 rings (SSSR count). The van der Waals surface area contributed by atoms with Crippen LogP contribution in [-0.2, 0) is 0 Å². The van der Waals surface area contributed by atoms with Gasteiger partial charge in [0.05, 0.1) is 23.5 Å². The summed E-state index contributed by atoms with van der Waals surface area (Å²) in [7, 11) is 2.18. The van der Waals surface area contributed by atoms with Gasteiger partial charge in [0.2, 0.25) is 0 Å². The third-order valence-electron chi connectivity index (χ3n) is 4.38. The molecule has 2 aliphatic rings. The van der Waals surface area contributed by atoms with Gasteiger partial charge in [0.25, 0.3) is 0 Å². The largest absolute Gasteiger partial charge is 0.364 e. The molecule has 104 valence electrons. The molecule has 21 heavy (non-hydrogen) atoms. The fraction of sp³-hybridized carbons (Fsp3) is 0.158. The van der Waals surface area contributed by atoms with E-state index >= 15 is 0 Å². The number of hydrogen-bond acceptors (Lipinski definition) is 2. The van der Waals surface area contributed by atoms with Crippen LogP contribution in [0.5, 0.6) is 0 Å². The molecule has 1 aliphatic heterocycles. The minimum atomic E-state index is 0.331. The van der Waals surface area contributed by atoms with Gasteiger partial charge in [-0.3, -0.25) is 0 Å². The molecule has 2 unspecified atom stereocenters. The number of rotatable bonds is 1. The van der Waals surface area contributed by atoms with Crippen LogP contribution in [0, 0.1) is 0 Å². The lowest BCUT2D eigenvalue weighted by Gasteiger charge is -2.47. The number of allylic oxidation sites excluding steroid dienone is 2. The monoisotopic (exact) mass is 274 g/mol. The molecule has 0 fully saturated rings. The molecule has 2 atom stereocenters. The van der Waals surface area contributed by atoms with Crippen LogP contribution in [0.1, 0.15) is 0 Å². The number of hydrogen-bond donors (Lipinski definition) is 0. The van der Waals surface area contributed by atoms with E-state index in [0.717, 1.165) is 0 Å². The van der Waals surface area contributed by atoms with E-state index in [2.05, 4.69) is 95.7 Å². The number of benzene rings is 2. The zero-order chi connectivity index (χ0) is 14.2. The van der Waals surface area contributed by atoms with Gasteiger partial charge >= 0.3 is 0 Å². The molecule has 0 amide bonds. The van der Waals surface area contributed by atoms with Crippen LogP contribution in [0.25, 0.3) is 0 Å². The second-order valence-electron chi connectivity index (χ2n) is 5.56. The molecule has 0 saturated heterocycles. The van der Waals surface area contributed by atoms with E-state index in [0.29, 0.717) is 12.1 Å². The van der Waals surface area contributed by atoms with E-state index in [1.165, 1.54) is 17.1 Å². The molecule has 2 heteroatoms. The van der Waals surface area contributed by atoms with Crippen LogP contribution in [0.4, 0.5) is 17.1 Å². The van der Waals surface area contributed by atoms with E-state index in [-0.39, 0.29) is 0 Å². The van der Waals surface area contributed by atoms with Crippen molar-refractivity contribution in [3.63, 3.8) is 0 Å². The van der Waals surface area contributed by atoms with Gasteiger partial charge in [-0.15, -0.1) is 0 Å². The summed E-state index contributed by atoms with van der Waals surface area (Å²) in [6.07, 6.45) is 8.88. The number of anilines is 3. The summed E-state index contributed by atoms with van der Waals surface area (Å²) >= 11 is 0. The second-order valence-corrected chi connectivity index (χ2v) is 5.56. The Hall–Kier alpha value is -2.48. The van der Waals surface area contributed by atoms with Crippen LogP contribution in [-0.4, -0.2) is 19.1 Å². The quantitative estimate of drug-likeness (QED) is 0.771. The van der Waals surface area contributed by atoms with Gasteiger partial charge in [-0.1, -0.05) is 54.6 Å². The lowest BCUT2D eigenvalue weighted by atomic mass is 9.94. The van der Waals surface area contributed by atoms with Crippen molar-refractivity contribution >= 4 is 17.1 Å². The van der Waals surface area contributed by atoms with E-state index in [4.69, 9.17) is 0 Å².